The molecule has 3 nitrogen and oxygen atoms in total. The van der Waals surface area contributed by atoms with E-state index in [4.69, 9.17) is 0 Å². The van der Waals surface area contributed by atoms with Gasteiger partial charge in [-0.15, -0.1) is 13.2 Å². The van der Waals surface area contributed by atoms with Gasteiger partial charge in [0.05, 0.1) is 0 Å². The second-order valence-corrected chi connectivity index (χ2v) is 13.6. The van der Waals surface area contributed by atoms with Crippen LogP contribution < -0.4 is 14.7 Å². The highest BCUT2D eigenvalue weighted by molar-refractivity contribution is 5.83. The van der Waals surface area contributed by atoms with Gasteiger partial charge in [0.1, 0.15) is 0 Å². The molecule has 7 aromatic carbocycles. The van der Waals surface area contributed by atoms with Crippen molar-refractivity contribution in [3.05, 3.63) is 250 Å². The first-order valence-electron chi connectivity index (χ1n) is 21.6. The number of nitrogens with zero attached hydrogens (tertiary/aromatic N) is 3. The molecule has 0 saturated carbocycles. The maximum absolute atomic E-state index is 4.30. The molecule has 0 heterocycles. The summed E-state index contributed by atoms with van der Waals surface area (Å²) in [5.74, 6) is 0. The Morgan fingerprint density at radius 3 is 1.19 bits per heavy atom. The SMILES string of the molecule is C=C.C=C/C(=C\C)N(C(=C)/C=C\C)c1ccc(-c2ccc(N(c3ccccc3)c3ccc(-c4ccc(N(c5ccccc5)c5ccccc5)cc4)cc3)c(C)c2)cc1.CC.CC. The number of benzene rings is 7. The van der Waals surface area contributed by atoms with Crippen molar-refractivity contribution in [2.24, 2.45) is 0 Å². The molecule has 0 spiro atoms. The van der Waals surface area contributed by atoms with E-state index in [1.165, 1.54) is 11.1 Å². The van der Waals surface area contributed by atoms with Gasteiger partial charge in [-0.3, -0.25) is 0 Å². The summed E-state index contributed by atoms with van der Waals surface area (Å²) in [4.78, 5) is 6.74. The van der Waals surface area contributed by atoms with Crippen molar-refractivity contribution < 1.29 is 0 Å². The number of aryl methyl sites for hydroxylation is 1. The van der Waals surface area contributed by atoms with Crippen LogP contribution >= 0.6 is 0 Å². The van der Waals surface area contributed by atoms with Crippen LogP contribution in [0.2, 0.25) is 0 Å². The summed E-state index contributed by atoms with van der Waals surface area (Å²) in [6.45, 7) is 28.5. The fourth-order valence-corrected chi connectivity index (χ4v) is 7.19. The molecule has 0 atom stereocenters. The zero-order valence-electron chi connectivity index (χ0n) is 37.8. The first-order chi connectivity index (χ1) is 30.5. The second kappa shape index (κ2) is 24.7. The Balaban J connectivity index is 0.00000135. The molecule has 3 heteroatoms. The van der Waals surface area contributed by atoms with Gasteiger partial charge >= 0.3 is 0 Å². The minimum Gasteiger partial charge on any atom is -0.311 e. The molecule has 0 aliphatic heterocycles. The van der Waals surface area contributed by atoms with Crippen molar-refractivity contribution in [1.82, 2.24) is 0 Å². The van der Waals surface area contributed by atoms with E-state index in [1.807, 2.05) is 65.8 Å². The van der Waals surface area contributed by atoms with Crippen molar-refractivity contribution in [2.45, 2.75) is 48.5 Å². The van der Waals surface area contributed by atoms with Gasteiger partial charge in [0.15, 0.2) is 0 Å². The molecule has 0 radical (unpaired) electrons. The Morgan fingerprint density at radius 1 is 0.452 bits per heavy atom. The highest BCUT2D eigenvalue weighted by Gasteiger charge is 2.17. The van der Waals surface area contributed by atoms with Crippen LogP contribution in [0.25, 0.3) is 22.3 Å². The molecular formula is C59H63N3. The molecule has 0 aromatic heterocycles. The van der Waals surface area contributed by atoms with Crippen LogP contribution in [0.3, 0.4) is 0 Å². The summed E-state index contributed by atoms with van der Waals surface area (Å²) in [6.07, 6.45) is 7.93. The van der Waals surface area contributed by atoms with Crippen LogP contribution in [0.1, 0.15) is 47.1 Å². The summed E-state index contributed by atoms with van der Waals surface area (Å²) in [6, 6.07) is 64.7. The van der Waals surface area contributed by atoms with Crippen LogP contribution in [-0.4, -0.2) is 0 Å². The van der Waals surface area contributed by atoms with Gasteiger partial charge in [-0.1, -0.05) is 150 Å². The van der Waals surface area contributed by atoms with Crippen LogP contribution in [0.15, 0.2) is 244 Å². The van der Waals surface area contributed by atoms with Crippen molar-refractivity contribution in [1.29, 1.82) is 0 Å². The van der Waals surface area contributed by atoms with Gasteiger partial charge in [0.25, 0.3) is 0 Å². The molecule has 62 heavy (non-hydrogen) atoms. The van der Waals surface area contributed by atoms with Gasteiger partial charge in [-0.05, 0) is 146 Å². The third-order valence-corrected chi connectivity index (χ3v) is 9.93. The van der Waals surface area contributed by atoms with Crippen molar-refractivity contribution in [3.63, 3.8) is 0 Å². The van der Waals surface area contributed by atoms with E-state index in [0.717, 1.165) is 67.9 Å². The van der Waals surface area contributed by atoms with E-state index in [9.17, 15) is 0 Å². The molecule has 0 unspecified atom stereocenters. The third-order valence-electron chi connectivity index (χ3n) is 9.93. The largest absolute Gasteiger partial charge is 0.311 e. The Labute approximate surface area is 373 Å². The number of allylic oxidation sites excluding steroid dienone is 4. The normalized spacial score (nSPS) is 10.5. The zero-order chi connectivity index (χ0) is 44.9. The van der Waals surface area contributed by atoms with Crippen LogP contribution in [0.4, 0.5) is 39.8 Å². The maximum atomic E-state index is 4.30. The lowest BCUT2D eigenvalue weighted by molar-refractivity contribution is 1.14. The minimum absolute atomic E-state index is 0.884. The summed E-state index contributed by atoms with van der Waals surface area (Å²) in [5, 5.41) is 0. The van der Waals surface area contributed by atoms with E-state index in [1.54, 1.807) is 0 Å². The van der Waals surface area contributed by atoms with Crippen LogP contribution in [0.5, 0.6) is 0 Å². The number of anilines is 7. The number of para-hydroxylation sites is 3. The Hall–Kier alpha value is -7.36. The Kier molecular flexibility index (Phi) is 18.8. The van der Waals surface area contributed by atoms with E-state index in [2.05, 4.69) is 230 Å². The maximum Gasteiger partial charge on any atom is 0.0491 e. The molecule has 0 fully saturated rings. The molecule has 0 amide bonds. The van der Waals surface area contributed by atoms with Crippen LogP contribution in [0, 0.1) is 6.92 Å². The number of hydrogen-bond donors (Lipinski definition) is 0. The van der Waals surface area contributed by atoms with Gasteiger partial charge in [-0.2, -0.15) is 0 Å². The first-order valence-corrected chi connectivity index (χ1v) is 21.6. The zero-order valence-corrected chi connectivity index (χ0v) is 37.8. The van der Waals surface area contributed by atoms with Gasteiger partial charge in [0, 0.05) is 51.2 Å². The predicted molar refractivity (Wildman–Crippen MR) is 276 cm³/mol. The molecule has 0 bridgehead atoms. The molecular weight excluding hydrogens is 751 g/mol. The molecule has 7 aromatic rings. The molecule has 314 valence electrons. The fourth-order valence-electron chi connectivity index (χ4n) is 7.19. The molecule has 0 aliphatic rings. The Morgan fingerprint density at radius 2 is 0.806 bits per heavy atom. The van der Waals surface area contributed by atoms with Gasteiger partial charge in [-0.25, -0.2) is 0 Å². The second-order valence-electron chi connectivity index (χ2n) is 13.6. The van der Waals surface area contributed by atoms with Crippen molar-refractivity contribution in [2.75, 3.05) is 14.7 Å². The van der Waals surface area contributed by atoms with Crippen molar-refractivity contribution >= 4 is 39.8 Å². The van der Waals surface area contributed by atoms with Gasteiger partial charge in [0.2, 0.25) is 0 Å². The fraction of sp³-hybridized carbons (Fsp3) is 0.119. The summed E-state index contributed by atoms with van der Waals surface area (Å²) in [5.41, 5.74) is 15.4. The highest BCUT2D eigenvalue weighted by Crippen LogP contribution is 2.40. The van der Waals surface area contributed by atoms with E-state index >= 15 is 0 Å². The predicted octanol–water partition coefficient (Wildman–Crippen LogP) is 18.1. The minimum atomic E-state index is 0.884. The monoisotopic (exact) mass is 814 g/mol. The lowest BCUT2D eigenvalue weighted by atomic mass is 10.00. The number of rotatable bonds is 13. The van der Waals surface area contributed by atoms with Gasteiger partial charge < -0.3 is 14.7 Å². The molecule has 0 saturated heterocycles. The quantitative estimate of drug-likeness (QED) is 0.0848. The number of hydrogen-bond acceptors (Lipinski definition) is 3. The molecule has 0 aliphatic carbocycles. The van der Waals surface area contributed by atoms with E-state index in [-0.39, 0.29) is 0 Å². The lowest BCUT2D eigenvalue weighted by Crippen LogP contribution is -2.18. The average Bonchev–Trinajstić information content (AvgIpc) is 3.35. The summed E-state index contributed by atoms with van der Waals surface area (Å²) >= 11 is 0. The summed E-state index contributed by atoms with van der Waals surface area (Å²) in [7, 11) is 0. The molecule has 7 rings (SSSR count). The summed E-state index contributed by atoms with van der Waals surface area (Å²) < 4.78 is 0. The standard InChI is InChI=1S/C53H47N3.2C2H6.C2H4/c1-6-18-41(5)54(46(7-2)8-3)50-32-29-44(30-33-50)45-31-38-53(40(4)39-45)56(49-23-16-11-17-24-49)52-36-27-43(28-37-52)42-25-34-51(35-26-42)55(47-19-12-9-13-20-47)48-21-14-10-15-22-48;3*1-2/h6-39H,2,5H2,1,3-4H3;2*1-2H3;1-2H2/b18-6-,46-8+;;;. The lowest BCUT2D eigenvalue weighted by Gasteiger charge is -2.28. The smallest absolute Gasteiger partial charge is 0.0491 e. The first kappa shape index (κ1) is 47.3. The average molecular weight is 814 g/mol. The third kappa shape index (κ3) is 11.5. The van der Waals surface area contributed by atoms with E-state index < -0.39 is 0 Å². The topological polar surface area (TPSA) is 9.72 Å². The van der Waals surface area contributed by atoms with E-state index in [0.29, 0.717) is 0 Å². The molecule has 0 N–H and O–H groups in total. The van der Waals surface area contributed by atoms with Crippen LogP contribution in [-0.2, 0) is 0 Å². The highest BCUT2D eigenvalue weighted by atomic mass is 15.2. The van der Waals surface area contributed by atoms with Crippen molar-refractivity contribution in [3.8, 4) is 22.3 Å². The Bertz CT molecular complexity index is 2420.